The molecule has 0 aliphatic carbocycles. The van der Waals surface area contributed by atoms with Crippen LogP contribution in [-0.4, -0.2) is 24.7 Å². The zero-order valence-corrected chi connectivity index (χ0v) is 10.2. The van der Waals surface area contributed by atoms with Gasteiger partial charge in [-0.2, -0.15) is 0 Å². The SMILES string of the molecule is COc1cccnc1NCC(N)CC(C)C. The molecule has 1 aromatic rings. The van der Waals surface area contributed by atoms with Gasteiger partial charge in [0.1, 0.15) is 0 Å². The zero-order valence-electron chi connectivity index (χ0n) is 10.2. The van der Waals surface area contributed by atoms with Crippen LogP contribution in [-0.2, 0) is 0 Å². The van der Waals surface area contributed by atoms with Gasteiger partial charge in [0, 0.05) is 18.8 Å². The van der Waals surface area contributed by atoms with Crippen LogP contribution in [0, 0.1) is 5.92 Å². The van der Waals surface area contributed by atoms with E-state index in [1.807, 2.05) is 12.1 Å². The van der Waals surface area contributed by atoms with Crippen LogP contribution in [0.4, 0.5) is 5.82 Å². The average Bonchev–Trinajstić information content (AvgIpc) is 2.26. The summed E-state index contributed by atoms with van der Waals surface area (Å²) in [5.74, 6) is 2.12. The highest BCUT2D eigenvalue weighted by Crippen LogP contribution is 2.19. The molecule has 1 aromatic heterocycles. The van der Waals surface area contributed by atoms with Crippen molar-refractivity contribution >= 4 is 5.82 Å². The number of aromatic nitrogens is 1. The van der Waals surface area contributed by atoms with Crippen molar-refractivity contribution in [1.82, 2.24) is 4.98 Å². The number of ether oxygens (including phenoxy) is 1. The second kappa shape index (κ2) is 6.33. The van der Waals surface area contributed by atoms with E-state index >= 15 is 0 Å². The van der Waals surface area contributed by atoms with Crippen molar-refractivity contribution in [2.24, 2.45) is 11.7 Å². The first-order chi connectivity index (χ1) is 7.63. The highest BCUT2D eigenvalue weighted by Gasteiger charge is 2.07. The second-order valence-corrected chi connectivity index (χ2v) is 4.32. The number of pyridine rings is 1. The topological polar surface area (TPSA) is 60.2 Å². The Bertz CT molecular complexity index is 315. The quantitative estimate of drug-likeness (QED) is 0.773. The molecule has 0 radical (unpaired) electrons. The molecular weight excluding hydrogens is 202 g/mol. The number of hydrogen-bond donors (Lipinski definition) is 2. The Labute approximate surface area is 97.2 Å². The fourth-order valence-corrected chi connectivity index (χ4v) is 1.60. The lowest BCUT2D eigenvalue weighted by Gasteiger charge is -2.16. The Balaban J connectivity index is 2.47. The van der Waals surface area contributed by atoms with E-state index in [1.54, 1.807) is 13.3 Å². The number of nitrogens with two attached hydrogens (primary N) is 1. The molecular formula is C12H21N3O. The minimum absolute atomic E-state index is 0.145. The molecule has 0 aromatic carbocycles. The van der Waals surface area contributed by atoms with Gasteiger partial charge >= 0.3 is 0 Å². The number of methoxy groups -OCH3 is 1. The van der Waals surface area contributed by atoms with Gasteiger partial charge < -0.3 is 15.8 Å². The summed E-state index contributed by atoms with van der Waals surface area (Å²) >= 11 is 0. The third-order valence-corrected chi connectivity index (χ3v) is 2.30. The molecule has 1 unspecified atom stereocenters. The molecule has 1 rings (SSSR count). The molecule has 16 heavy (non-hydrogen) atoms. The van der Waals surface area contributed by atoms with Gasteiger partial charge in [0.25, 0.3) is 0 Å². The average molecular weight is 223 g/mol. The molecule has 0 saturated heterocycles. The maximum Gasteiger partial charge on any atom is 0.168 e. The maximum atomic E-state index is 5.98. The van der Waals surface area contributed by atoms with Crippen LogP contribution in [0.25, 0.3) is 0 Å². The smallest absolute Gasteiger partial charge is 0.168 e. The second-order valence-electron chi connectivity index (χ2n) is 4.32. The van der Waals surface area contributed by atoms with E-state index in [0.29, 0.717) is 12.5 Å². The Morgan fingerprint density at radius 2 is 2.25 bits per heavy atom. The predicted molar refractivity (Wildman–Crippen MR) is 66.7 cm³/mol. The summed E-state index contributed by atoms with van der Waals surface area (Å²) < 4.78 is 5.19. The molecule has 0 aliphatic heterocycles. The normalized spacial score (nSPS) is 12.6. The van der Waals surface area contributed by atoms with Crippen LogP contribution >= 0.6 is 0 Å². The first-order valence-electron chi connectivity index (χ1n) is 5.62. The Hall–Kier alpha value is -1.29. The van der Waals surface area contributed by atoms with Crippen molar-refractivity contribution in [1.29, 1.82) is 0 Å². The van der Waals surface area contributed by atoms with Crippen molar-refractivity contribution in [2.45, 2.75) is 26.3 Å². The number of hydrogen-bond acceptors (Lipinski definition) is 4. The lowest BCUT2D eigenvalue weighted by molar-refractivity contribution is 0.414. The standard InChI is InChI=1S/C12H21N3O/c1-9(2)7-10(13)8-15-12-11(16-3)5-4-6-14-12/h4-6,9-10H,7-8,13H2,1-3H3,(H,14,15). The van der Waals surface area contributed by atoms with E-state index in [0.717, 1.165) is 18.0 Å². The van der Waals surface area contributed by atoms with Crippen LogP contribution in [0.15, 0.2) is 18.3 Å². The van der Waals surface area contributed by atoms with Crippen LogP contribution in [0.3, 0.4) is 0 Å². The maximum absolute atomic E-state index is 5.98. The van der Waals surface area contributed by atoms with Crippen molar-refractivity contribution < 1.29 is 4.74 Å². The summed E-state index contributed by atoms with van der Waals surface area (Å²) in [5, 5.41) is 3.21. The molecule has 0 amide bonds. The van der Waals surface area contributed by atoms with Gasteiger partial charge in [-0.1, -0.05) is 13.8 Å². The first-order valence-corrected chi connectivity index (χ1v) is 5.62. The largest absolute Gasteiger partial charge is 0.493 e. The van der Waals surface area contributed by atoms with Gasteiger partial charge in [0.05, 0.1) is 7.11 Å². The molecule has 0 aliphatic rings. The molecule has 4 nitrogen and oxygen atoms in total. The van der Waals surface area contributed by atoms with Crippen molar-refractivity contribution in [3.63, 3.8) is 0 Å². The van der Waals surface area contributed by atoms with Gasteiger partial charge in [0.2, 0.25) is 0 Å². The molecule has 3 N–H and O–H groups in total. The summed E-state index contributed by atoms with van der Waals surface area (Å²) in [6.07, 6.45) is 2.74. The van der Waals surface area contributed by atoms with E-state index in [4.69, 9.17) is 10.5 Å². The first kappa shape index (κ1) is 12.8. The molecule has 0 fully saturated rings. The number of anilines is 1. The highest BCUT2D eigenvalue weighted by atomic mass is 16.5. The monoisotopic (exact) mass is 223 g/mol. The molecule has 4 heteroatoms. The van der Waals surface area contributed by atoms with Gasteiger partial charge in [-0.05, 0) is 24.5 Å². The molecule has 0 spiro atoms. The summed E-state index contributed by atoms with van der Waals surface area (Å²) in [7, 11) is 1.64. The zero-order chi connectivity index (χ0) is 12.0. The summed E-state index contributed by atoms with van der Waals surface area (Å²) in [6, 6.07) is 3.87. The number of nitrogens with zero attached hydrogens (tertiary/aromatic N) is 1. The number of rotatable bonds is 6. The third kappa shape index (κ3) is 4.06. The molecule has 1 heterocycles. The minimum Gasteiger partial charge on any atom is -0.493 e. The van der Waals surface area contributed by atoms with Crippen LogP contribution in [0.2, 0.25) is 0 Å². The van der Waals surface area contributed by atoms with E-state index in [9.17, 15) is 0 Å². The van der Waals surface area contributed by atoms with Crippen LogP contribution in [0.5, 0.6) is 5.75 Å². The van der Waals surface area contributed by atoms with E-state index in [1.165, 1.54) is 0 Å². The van der Waals surface area contributed by atoms with Gasteiger partial charge in [-0.15, -0.1) is 0 Å². The van der Waals surface area contributed by atoms with E-state index in [2.05, 4.69) is 24.1 Å². The van der Waals surface area contributed by atoms with Crippen molar-refractivity contribution in [3.05, 3.63) is 18.3 Å². The van der Waals surface area contributed by atoms with Gasteiger partial charge in [-0.25, -0.2) is 4.98 Å². The highest BCUT2D eigenvalue weighted by molar-refractivity contribution is 5.49. The van der Waals surface area contributed by atoms with Crippen LogP contribution in [0.1, 0.15) is 20.3 Å². The Morgan fingerprint density at radius 3 is 2.88 bits per heavy atom. The fourth-order valence-electron chi connectivity index (χ4n) is 1.60. The lowest BCUT2D eigenvalue weighted by Crippen LogP contribution is -2.30. The summed E-state index contributed by atoms with van der Waals surface area (Å²) in [5.41, 5.74) is 5.98. The summed E-state index contributed by atoms with van der Waals surface area (Å²) in [4.78, 5) is 4.21. The minimum atomic E-state index is 0.145. The van der Waals surface area contributed by atoms with Gasteiger partial charge in [-0.3, -0.25) is 0 Å². The Morgan fingerprint density at radius 1 is 1.50 bits per heavy atom. The van der Waals surface area contributed by atoms with Crippen molar-refractivity contribution in [3.8, 4) is 5.75 Å². The van der Waals surface area contributed by atoms with Gasteiger partial charge in [0.15, 0.2) is 11.6 Å². The fraction of sp³-hybridized carbons (Fsp3) is 0.583. The number of nitrogens with one attached hydrogen (secondary N) is 1. The van der Waals surface area contributed by atoms with Crippen molar-refractivity contribution in [2.75, 3.05) is 19.0 Å². The molecule has 0 bridgehead atoms. The third-order valence-electron chi connectivity index (χ3n) is 2.30. The lowest BCUT2D eigenvalue weighted by atomic mass is 10.0. The molecule has 1 atom stereocenters. The van der Waals surface area contributed by atoms with E-state index in [-0.39, 0.29) is 6.04 Å². The molecule has 0 saturated carbocycles. The summed E-state index contributed by atoms with van der Waals surface area (Å²) in [6.45, 7) is 5.05. The van der Waals surface area contributed by atoms with Crippen LogP contribution < -0.4 is 15.8 Å². The Kier molecular flexibility index (Phi) is 5.05. The van der Waals surface area contributed by atoms with E-state index < -0.39 is 0 Å². The molecule has 90 valence electrons. The predicted octanol–water partition coefficient (Wildman–Crippen LogP) is 1.88.